The molecule has 1 heterocycles. The molecule has 6 heteroatoms. The average Bonchev–Trinajstić information content (AvgIpc) is 3.69. The molecule has 3 aromatic rings. The molecular weight excluding hydrogens is 468 g/mol. The third-order valence-corrected chi connectivity index (χ3v) is 9.91. The van der Waals surface area contributed by atoms with Crippen LogP contribution in [0.25, 0.3) is 16.3 Å². The van der Waals surface area contributed by atoms with Gasteiger partial charge in [-0.1, -0.05) is 24.3 Å². The van der Waals surface area contributed by atoms with Gasteiger partial charge >= 0.3 is 5.97 Å². The summed E-state index contributed by atoms with van der Waals surface area (Å²) in [5.41, 5.74) is 3.32. The van der Waals surface area contributed by atoms with Crippen molar-refractivity contribution in [2.24, 2.45) is 11.3 Å². The lowest BCUT2D eigenvalue weighted by atomic mass is 9.53. The second-order valence-corrected chi connectivity index (χ2v) is 11.9. The minimum absolute atomic E-state index is 0.157. The van der Waals surface area contributed by atoms with E-state index in [9.17, 15) is 9.59 Å². The van der Waals surface area contributed by atoms with Crippen LogP contribution < -0.4 is 4.90 Å². The van der Waals surface area contributed by atoms with Gasteiger partial charge in [-0.3, -0.25) is 4.79 Å². The highest BCUT2D eigenvalue weighted by Crippen LogP contribution is 2.59. The second-order valence-electron chi connectivity index (χ2n) is 10.9. The molecule has 186 valence electrons. The van der Waals surface area contributed by atoms with E-state index in [4.69, 9.17) is 9.72 Å². The number of methoxy groups -OCH3 is 1. The van der Waals surface area contributed by atoms with Crippen molar-refractivity contribution in [1.82, 2.24) is 4.98 Å². The SMILES string of the molecule is COC(=O)/C=C/c1cccc(N(CC23CCC(c4nc5ccccc5s4)(CC2)CC3)C(=O)C2CC2)c1. The summed E-state index contributed by atoms with van der Waals surface area (Å²) in [5.74, 6) is 0.0305. The molecule has 4 saturated carbocycles. The lowest BCUT2D eigenvalue weighted by molar-refractivity contribution is -0.134. The predicted octanol–water partition coefficient (Wildman–Crippen LogP) is 6.52. The van der Waals surface area contributed by atoms with Crippen LogP contribution >= 0.6 is 11.3 Å². The molecule has 5 nitrogen and oxygen atoms in total. The number of hydrogen-bond acceptors (Lipinski definition) is 5. The van der Waals surface area contributed by atoms with Crippen LogP contribution in [-0.4, -0.2) is 30.5 Å². The molecule has 7 rings (SSSR count). The Labute approximate surface area is 216 Å². The number of rotatable bonds is 7. The molecule has 0 aliphatic heterocycles. The molecule has 2 aromatic carbocycles. The van der Waals surface area contributed by atoms with Gasteiger partial charge in [-0.25, -0.2) is 9.78 Å². The molecule has 4 aliphatic carbocycles. The summed E-state index contributed by atoms with van der Waals surface area (Å²) in [4.78, 5) is 32.2. The summed E-state index contributed by atoms with van der Waals surface area (Å²) in [5, 5.41) is 1.31. The van der Waals surface area contributed by atoms with Gasteiger partial charge in [-0.15, -0.1) is 11.3 Å². The highest BCUT2D eigenvalue weighted by Gasteiger charge is 2.52. The fraction of sp³-hybridized carbons (Fsp3) is 0.433. The zero-order valence-corrected chi connectivity index (χ0v) is 21.6. The fourth-order valence-electron chi connectivity index (χ4n) is 6.13. The zero-order valence-electron chi connectivity index (χ0n) is 20.7. The normalized spacial score (nSPS) is 25.4. The molecule has 4 fully saturated rings. The Kier molecular flexibility index (Phi) is 5.95. The minimum atomic E-state index is -0.383. The lowest BCUT2D eigenvalue weighted by Crippen LogP contribution is -2.51. The van der Waals surface area contributed by atoms with E-state index < -0.39 is 0 Å². The first-order valence-electron chi connectivity index (χ1n) is 13.0. The van der Waals surface area contributed by atoms with E-state index in [0.29, 0.717) is 0 Å². The molecule has 2 bridgehead atoms. The maximum Gasteiger partial charge on any atom is 0.330 e. The van der Waals surface area contributed by atoms with Gasteiger partial charge in [-0.05, 0) is 92.7 Å². The van der Waals surface area contributed by atoms with Crippen LogP contribution in [-0.2, 0) is 19.7 Å². The number of fused-ring (bicyclic) bond motifs is 4. The number of carbonyl (C=O) groups is 2. The Morgan fingerprint density at radius 2 is 1.81 bits per heavy atom. The maximum absolute atomic E-state index is 13.5. The molecular formula is C30H32N2O3S. The van der Waals surface area contributed by atoms with Gasteiger partial charge < -0.3 is 9.64 Å². The lowest BCUT2D eigenvalue weighted by Gasteiger charge is -2.54. The summed E-state index contributed by atoms with van der Waals surface area (Å²) < 4.78 is 6.01. The number of anilines is 1. The summed E-state index contributed by atoms with van der Waals surface area (Å²) >= 11 is 1.87. The molecule has 0 radical (unpaired) electrons. The first kappa shape index (κ1) is 23.4. The number of aromatic nitrogens is 1. The number of hydrogen-bond donors (Lipinski definition) is 0. The topological polar surface area (TPSA) is 59.5 Å². The van der Waals surface area contributed by atoms with Crippen molar-refractivity contribution >= 4 is 45.2 Å². The summed E-state index contributed by atoms with van der Waals surface area (Å²) in [6.07, 6.45) is 12.0. The number of thiazole rings is 1. The smallest absolute Gasteiger partial charge is 0.330 e. The van der Waals surface area contributed by atoms with E-state index in [2.05, 4.69) is 29.2 Å². The van der Waals surface area contributed by atoms with Crippen molar-refractivity contribution in [3.63, 3.8) is 0 Å². The summed E-state index contributed by atoms with van der Waals surface area (Å²) in [6, 6.07) is 16.4. The first-order chi connectivity index (χ1) is 17.5. The van der Waals surface area contributed by atoms with E-state index in [1.165, 1.54) is 22.9 Å². The molecule has 1 amide bonds. The molecule has 4 aliphatic rings. The number of nitrogens with zero attached hydrogens (tertiary/aromatic N) is 2. The van der Waals surface area contributed by atoms with Gasteiger partial charge in [0, 0.05) is 29.6 Å². The number of ether oxygens (including phenoxy) is 1. The van der Waals surface area contributed by atoms with Crippen molar-refractivity contribution in [2.45, 2.75) is 56.8 Å². The largest absolute Gasteiger partial charge is 0.466 e. The Balaban J connectivity index is 1.23. The van der Waals surface area contributed by atoms with E-state index in [1.54, 1.807) is 6.08 Å². The van der Waals surface area contributed by atoms with Crippen LogP contribution in [0, 0.1) is 11.3 Å². The van der Waals surface area contributed by atoms with E-state index in [1.807, 2.05) is 35.6 Å². The first-order valence-corrected chi connectivity index (χ1v) is 13.8. The van der Waals surface area contributed by atoms with Gasteiger partial charge in [0.25, 0.3) is 0 Å². The number of carbonyl (C=O) groups excluding carboxylic acids is 2. The van der Waals surface area contributed by atoms with E-state index >= 15 is 0 Å². The third kappa shape index (κ3) is 4.36. The van der Waals surface area contributed by atoms with Crippen molar-refractivity contribution in [3.05, 3.63) is 65.2 Å². The quantitative estimate of drug-likeness (QED) is 0.274. The van der Waals surface area contributed by atoms with Gasteiger partial charge in [0.1, 0.15) is 0 Å². The van der Waals surface area contributed by atoms with Gasteiger partial charge in [0.15, 0.2) is 0 Å². The maximum atomic E-state index is 13.5. The van der Waals surface area contributed by atoms with Crippen LogP contribution in [0.3, 0.4) is 0 Å². The molecule has 0 spiro atoms. The Hall–Kier alpha value is -2.99. The van der Waals surface area contributed by atoms with Crippen molar-refractivity contribution in [3.8, 4) is 0 Å². The van der Waals surface area contributed by atoms with E-state index in [-0.39, 0.29) is 28.6 Å². The Morgan fingerprint density at radius 1 is 1.06 bits per heavy atom. The molecule has 36 heavy (non-hydrogen) atoms. The average molecular weight is 501 g/mol. The van der Waals surface area contributed by atoms with Crippen molar-refractivity contribution in [1.29, 1.82) is 0 Å². The summed E-state index contributed by atoms with van der Waals surface area (Å²) in [7, 11) is 1.37. The zero-order chi connectivity index (χ0) is 24.8. The van der Waals surface area contributed by atoms with Gasteiger partial charge in [-0.2, -0.15) is 0 Å². The number of amides is 1. The molecule has 0 atom stereocenters. The second kappa shape index (κ2) is 9.15. The van der Waals surface area contributed by atoms with Crippen LogP contribution in [0.15, 0.2) is 54.6 Å². The minimum Gasteiger partial charge on any atom is -0.466 e. The number of esters is 1. The molecule has 1 aromatic heterocycles. The van der Waals surface area contributed by atoms with Gasteiger partial charge in [0.05, 0.1) is 22.3 Å². The van der Waals surface area contributed by atoms with E-state index in [0.717, 1.165) is 74.7 Å². The van der Waals surface area contributed by atoms with Crippen molar-refractivity contribution in [2.75, 3.05) is 18.6 Å². The Bertz CT molecular complexity index is 1280. The molecule has 0 N–H and O–H groups in total. The van der Waals surface area contributed by atoms with Crippen LogP contribution in [0.4, 0.5) is 5.69 Å². The van der Waals surface area contributed by atoms with Crippen molar-refractivity contribution < 1.29 is 14.3 Å². The van der Waals surface area contributed by atoms with Crippen LogP contribution in [0.2, 0.25) is 0 Å². The molecule has 0 unspecified atom stereocenters. The Morgan fingerprint density at radius 3 is 2.50 bits per heavy atom. The highest BCUT2D eigenvalue weighted by atomic mass is 32.1. The monoisotopic (exact) mass is 500 g/mol. The predicted molar refractivity (Wildman–Crippen MR) is 144 cm³/mol. The summed E-state index contributed by atoms with van der Waals surface area (Å²) in [6.45, 7) is 0.780. The van der Waals surface area contributed by atoms with Crippen LogP contribution in [0.1, 0.15) is 61.9 Å². The number of para-hydroxylation sites is 1. The third-order valence-electron chi connectivity index (χ3n) is 8.63. The fourth-order valence-corrected chi connectivity index (χ4v) is 7.37. The highest BCUT2D eigenvalue weighted by molar-refractivity contribution is 7.18. The number of benzene rings is 2. The standard InChI is InChI=1S/C30H32N2O3S/c1-35-26(33)12-9-21-5-4-6-23(19-21)32(27(34)22-10-11-22)20-29-13-16-30(17-14-29,18-15-29)28-31-24-7-2-3-8-25(24)36-28/h2-9,12,19,22H,10-11,13-18,20H2,1H3/b12-9+. The van der Waals surface area contributed by atoms with Crippen LogP contribution in [0.5, 0.6) is 0 Å². The van der Waals surface area contributed by atoms with Gasteiger partial charge in [0.2, 0.25) is 5.91 Å². The molecule has 0 saturated heterocycles.